The summed E-state index contributed by atoms with van der Waals surface area (Å²) in [5.74, 6) is -1.66. The van der Waals surface area contributed by atoms with Crippen LogP contribution >= 0.6 is 11.8 Å². The number of ether oxygens (including phenoxy) is 2. The molecule has 0 amide bonds. The van der Waals surface area contributed by atoms with Crippen LogP contribution in [0, 0.1) is 11.7 Å². The standard InChI is InChI=1S/C38H45FO6SSi/c1-24(2)47(25(3)4,26(5)6)45-32-17-18-33(27(7)40)38(22-32,30-15-12-16-31(21-30)44-28(8)41)46-37-34(42)19-20-35(36(37)39)43-23-29-13-10-9-11-14-29/h9-22,24-26,33,42H,23H2,1-8H3. The number of esters is 1. The number of rotatable bonds is 13. The van der Waals surface area contributed by atoms with Gasteiger partial charge in [-0.15, -0.1) is 11.8 Å². The van der Waals surface area contributed by atoms with Crippen molar-refractivity contribution in [2.45, 2.75) is 88.3 Å². The summed E-state index contributed by atoms with van der Waals surface area (Å²) in [6.07, 6.45) is 5.52. The first-order valence-corrected chi connectivity index (χ1v) is 18.9. The summed E-state index contributed by atoms with van der Waals surface area (Å²) in [7, 11) is -2.45. The molecule has 0 aromatic heterocycles. The van der Waals surface area contributed by atoms with E-state index in [1.165, 1.54) is 26.0 Å². The smallest absolute Gasteiger partial charge is 0.308 e. The maximum Gasteiger partial charge on any atom is 0.308 e. The average Bonchev–Trinajstić information content (AvgIpc) is 3.01. The summed E-state index contributed by atoms with van der Waals surface area (Å²) in [5, 5.41) is 11.1. The molecule has 0 bridgehead atoms. The van der Waals surface area contributed by atoms with Gasteiger partial charge in [-0.05, 0) is 71.1 Å². The van der Waals surface area contributed by atoms with Crippen LogP contribution in [0.2, 0.25) is 16.6 Å². The van der Waals surface area contributed by atoms with E-state index < -0.39 is 30.8 Å². The van der Waals surface area contributed by atoms with Gasteiger partial charge < -0.3 is 19.0 Å². The highest BCUT2D eigenvalue weighted by Crippen LogP contribution is 2.56. The number of ketones is 1. The summed E-state index contributed by atoms with van der Waals surface area (Å²) < 4.78 is 33.5. The van der Waals surface area contributed by atoms with Crippen molar-refractivity contribution in [3.63, 3.8) is 0 Å². The molecule has 0 saturated heterocycles. The Morgan fingerprint density at radius 2 is 1.60 bits per heavy atom. The first-order valence-electron chi connectivity index (χ1n) is 16.0. The molecule has 0 aliphatic heterocycles. The molecule has 0 fully saturated rings. The highest BCUT2D eigenvalue weighted by atomic mass is 32.2. The summed E-state index contributed by atoms with van der Waals surface area (Å²) in [4.78, 5) is 25.3. The van der Waals surface area contributed by atoms with Crippen LogP contribution in [0.5, 0.6) is 17.2 Å². The summed E-state index contributed by atoms with van der Waals surface area (Å²) >= 11 is 1.01. The number of hydrogen-bond donors (Lipinski definition) is 1. The average molecular weight is 677 g/mol. The fourth-order valence-electron chi connectivity index (χ4n) is 6.77. The van der Waals surface area contributed by atoms with Crippen LogP contribution in [0.1, 0.15) is 66.5 Å². The van der Waals surface area contributed by atoms with E-state index in [0.717, 1.165) is 17.3 Å². The topological polar surface area (TPSA) is 82.1 Å². The van der Waals surface area contributed by atoms with Crippen molar-refractivity contribution in [3.05, 3.63) is 108 Å². The van der Waals surface area contributed by atoms with Crippen LogP contribution in [-0.2, 0) is 25.4 Å². The van der Waals surface area contributed by atoms with Gasteiger partial charge in [0.2, 0.25) is 0 Å². The molecular formula is C38H45FO6SSi. The van der Waals surface area contributed by atoms with Crippen molar-refractivity contribution in [2.75, 3.05) is 0 Å². The molecule has 2 atom stereocenters. The molecule has 1 N–H and O–H groups in total. The number of phenolic OH excluding ortho intramolecular Hbond substituents is 1. The summed E-state index contributed by atoms with van der Waals surface area (Å²) in [5.41, 5.74) is 2.26. The first kappa shape index (κ1) is 36.0. The third-order valence-electron chi connectivity index (χ3n) is 8.81. The Hall–Kier alpha value is -3.82. The Labute approximate surface area is 283 Å². The molecule has 250 valence electrons. The Bertz CT molecular complexity index is 1630. The lowest BCUT2D eigenvalue weighted by Gasteiger charge is -2.45. The number of allylic oxidation sites excluding steroid dienone is 2. The van der Waals surface area contributed by atoms with Gasteiger partial charge in [-0.2, -0.15) is 0 Å². The van der Waals surface area contributed by atoms with Gasteiger partial charge in [-0.25, -0.2) is 4.39 Å². The molecule has 1 aliphatic carbocycles. The van der Waals surface area contributed by atoms with E-state index in [2.05, 4.69) is 41.5 Å². The molecular weight excluding hydrogens is 632 g/mol. The maximum atomic E-state index is 16.4. The van der Waals surface area contributed by atoms with Crippen LogP contribution in [0.25, 0.3) is 0 Å². The van der Waals surface area contributed by atoms with Crippen molar-refractivity contribution >= 4 is 31.8 Å². The van der Waals surface area contributed by atoms with Gasteiger partial charge in [0.05, 0.1) is 15.6 Å². The minimum Gasteiger partial charge on any atom is -0.543 e. The van der Waals surface area contributed by atoms with Crippen molar-refractivity contribution in [3.8, 4) is 17.2 Å². The fraction of sp³-hybridized carbons (Fsp3) is 0.368. The van der Waals surface area contributed by atoms with E-state index in [9.17, 15) is 14.7 Å². The number of halogens is 1. The lowest BCUT2D eigenvalue weighted by molar-refractivity contribution is -0.132. The minimum absolute atomic E-state index is 0.0324. The molecule has 3 aromatic carbocycles. The zero-order chi connectivity index (χ0) is 34.5. The number of benzene rings is 3. The van der Waals surface area contributed by atoms with E-state index in [4.69, 9.17) is 13.9 Å². The van der Waals surface area contributed by atoms with E-state index in [1.54, 1.807) is 24.3 Å². The van der Waals surface area contributed by atoms with Crippen molar-refractivity contribution in [2.24, 2.45) is 5.92 Å². The molecule has 1 aliphatic rings. The van der Waals surface area contributed by atoms with Gasteiger partial charge in [0.1, 0.15) is 29.6 Å². The van der Waals surface area contributed by atoms with Crippen molar-refractivity contribution in [1.82, 2.24) is 0 Å². The molecule has 2 unspecified atom stereocenters. The number of hydrogen-bond acceptors (Lipinski definition) is 7. The molecule has 6 nitrogen and oxygen atoms in total. The summed E-state index contributed by atoms with van der Waals surface area (Å²) in [6.45, 7) is 16.1. The predicted molar refractivity (Wildman–Crippen MR) is 188 cm³/mol. The third kappa shape index (κ3) is 7.68. The van der Waals surface area contributed by atoms with Gasteiger partial charge in [0.25, 0.3) is 8.32 Å². The monoisotopic (exact) mass is 676 g/mol. The largest absolute Gasteiger partial charge is 0.543 e. The Balaban J connectivity index is 1.93. The molecule has 47 heavy (non-hydrogen) atoms. The Kier molecular flexibility index (Phi) is 11.5. The number of thioether (sulfide) groups is 1. The van der Waals surface area contributed by atoms with Crippen LogP contribution in [0.4, 0.5) is 4.39 Å². The molecule has 0 spiro atoms. The van der Waals surface area contributed by atoms with Gasteiger partial charge in [0, 0.05) is 6.92 Å². The zero-order valence-electron chi connectivity index (χ0n) is 28.4. The first-order chi connectivity index (χ1) is 22.2. The predicted octanol–water partition coefficient (Wildman–Crippen LogP) is 9.87. The Morgan fingerprint density at radius 1 is 0.936 bits per heavy atom. The van der Waals surface area contributed by atoms with Gasteiger partial charge in [-0.1, -0.05) is 90.1 Å². The zero-order valence-corrected chi connectivity index (χ0v) is 30.2. The molecule has 3 aromatic rings. The van der Waals surface area contributed by atoms with Crippen molar-refractivity contribution in [1.29, 1.82) is 0 Å². The van der Waals surface area contributed by atoms with E-state index >= 15 is 4.39 Å². The highest BCUT2D eigenvalue weighted by Gasteiger charge is 2.50. The van der Waals surface area contributed by atoms with Gasteiger partial charge in [0.15, 0.2) is 11.6 Å². The second-order valence-corrected chi connectivity index (χ2v) is 19.6. The molecule has 0 saturated carbocycles. The lowest BCUT2D eigenvalue weighted by atomic mass is 9.79. The fourth-order valence-corrected chi connectivity index (χ4v) is 13.5. The van der Waals surface area contributed by atoms with Crippen LogP contribution in [0.3, 0.4) is 0 Å². The number of phenols is 1. The van der Waals surface area contributed by atoms with Gasteiger partial charge in [-0.3, -0.25) is 9.59 Å². The number of carbonyl (C=O) groups is 2. The quantitative estimate of drug-likeness (QED) is 0.110. The number of Topliss-reactive ketones (excluding diaryl/α,β-unsaturated/α-hetero) is 1. The van der Waals surface area contributed by atoms with Crippen LogP contribution in [0.15, 0.2) is 95.6 Å². The van der Waals surface area contributed by atoms with Crippen LogP contribution < -0.4 is 9.47 Å². The lowest BCUT2D eigenvalue weighted by Crippen LogP contribution is -2.48. The normalized spacial score (nSPS) is 18.0. The number of carbonyl (C=O) groups excluding carboxylic acids is 2. The van der Waals surface area contributed by atoms with Gasteiger partial charge >= 0.3 is 5.97 Å². The number of aromatic hydroxyl groups is 1. The molecule has 0 radical (unpaired) electrons. The summed E-state index contributed by atoms with van der Waals surface area (Å²) in [6, 6.07) is 19.1. The Morgan fingerprint density at radius 3 is 2.19 bits per heavy atom. The van der Waals surface area contributed by atoms with E-state index in [0.29, 0.717) is 11.3 Å². The third-order valence-corrected chi connectivity index (χ3v) is 16.3. The van der Waals surface area contributed by atoms with Crippen molar-refractivity contribution < 1.29 is 33.0 Å². The van der Waals surface area contributed by atoms with E-state index in [-0.39, 0.29) is 51.2 Å². The van der Waals surface area contributed by atoms with E-state index in [1.807, 2.05) is 48.6 Å². The maximum absolute atomic E-state index is 16.4. The minimum atomic E-state index is -2.45. The molecule has 0 heterocycles. The van der Waals surface area contributed by atoms with Crippen LogP contribution in [-0.4, -0.2) is 25.2 Å². The second kappa shape index (κ2) is 14.9. The second-order valence-electron chi connectivity index (χ2n) is 12.9. The molecule has 9 heteroatoms. The molecule has 4 rings (SSSR count). The SMILES string of the molecule is CC(=O)Oc1cccc(C2(Sc3c(O)ccc(OCc4ccccc4)c3F)C=C(O[Si](C(C)C)(C(C)C)C(C)C)C=CC2C(C)=O)c1. The highest BCUT2D eigenvalue weighted by molar-refractivity contribution is 8.00.